The van der Waals surface area contributed by atoms with Crippen LogP contribution in [0, 0.1) is 5.82 Å². The molecular formula is C19H26FN5. The Labute approximate surface area is 148 Å². The van der Waals surface area contributed by atoms with Gasteiger partial charge in [0.1, 0.15) is 5.82 Å². The Morgan fingerprint density at radius 3 is 2.72 bits per heavy atom. The molecule has 1 aromatic carbocycles. The van der Waals surface area contributed by atoms with E-state index in [1.54, 1.807) is 6.20 Å². The maximum atomic E-state index is 13.1. The van der Waals surface area contributed by atoms with Crippen molar-refractivity contribution in [3.8, 4) is 0 Å². The van der Waals surface area contributed by atoms with Gasteiger partial charge in [0, 0.05) is 37.4 Å². The summed E-state index contributed by atoms with van der Waals surface area (Å²) in [6, 6.07) is 8.80. The predicted octanol–water partition coefficient (Wildman–Crippen LogP) is 2.70. The van der Waals surface area contributed by atoms with Gasteiger partial charge in [0.2, 0.25) is 0 Å². The SMILES string of the molecule is CCNC(=NCC1(c2ccc(F)cc2)CC1)NCCCn1cccn1. The predicted molar refractivity (Wildman–Crippen MR) is 98.1 cm³/mol. The van der Waals surface area contributed by atoms with Crippen LogP contribution in [-0.4, -0.2) is 35.4 Å². The minimum atomic E-state index is -0.185. The second kappa shape index (κ2) is 8.14. The summed E-state index contributed by atoms with van der Waals surface area (Å²) in [5, 5.41) is 10.9. The number of guanidine groups is 1. The van der Waals surface area contributed by atoms with E-state index in [0.29, 0.717) is 0 Å². The Bertz CT molecular complexity index is 674. The third-order valence-corrected chi connectivity index (χ3v) is 4.61. The van der Waals surface area contributed by atoms with Crippen LogP contribution < -0.4 is 10.6 Å². The van der Waals surface area contributed by atoms with Gasteiger partial charge >= 0.3 is 0 Å². The molecule has 6 heteroatoms. The molecule has 2 aromatic rings. The largest absolute Gasteiger partial charge is 0.357 e. The van der Waals surface area contributed by atoms with E-state index in [1.807, 2.05) is 29.1 Å². The molecule has 0 aliphatic heterocycles. The van der Waals surface area contributed by atoms with Crippen molar-refractivity contribution in [1.82, 2.24) is 20.4 Å². The molecule has 1 heterocycles. The number of aromatic nitrogens is 2. The van der Waals surface area contributed by atoms with Crippen molar-refractivity contribution in [2.45, 2.75) is 38.1 Å². The molecule has 2 N–H and O–H groups in total. The number of halogens is 1. The van der Waals surface area contributed by atoms with Crippen LogP contribution in [0.2, 0.25) is 0 Å². The second-order valence-corrected chi connectivity index (χ2v) is 6.53. The van der Waals surface area contributed by atoms with Crippen molar-refractivity contribution in [3.63, 3.8) is 0 Å². The molecule has 0 bridgehead atoms. The van der Waals surface area contributed by atoms with E-state index in [9.17, 15) is 4.39 Å². The van der Waals surface area contributed by atoms with Gasteiger partial charge in [0.25, 0.3) is 0 Å². The summed E-state index contributed by atoms with van der Waals surface area (Å²) < 4.78 is 15.1. The van der Waals surface area contributed by atoms with Crippen molar-refractivity contribution in [1.29, 1.82) is 0 Å². The highest BCUT2D eigenvalue weighted by molar-refractivity contribution is 5.79. The number of aryl methyl sites for hydroxylation is 1. The topological polar surface area (TPSA) is 54.2 Å². The Morgan fingerprint density at radius 2 is 2.08 bits per heavy atom. The van der Waals surface area contributed by atoms with Crippen LogP contribution in [0.3, 0.4) is 0 Å². The van der Waals surface area contributed by atoms with E-state index >= 15 is 0 Å². The summed E-state index contributed by atoms with van der Waals surface area (Å²) >= 11 is 0. The van der Waals surface area contributed by atoms with Crippen molar-refractivity contribution in [3.05, 3.63) is 54.1 Å². The highest BCUT2D eigenvalue weighted by Crippen LogP contribution is 2.48. The Kier molecular flexibility index (Phi) is 5.68. The van der Waals surface area contributed by atoms with Gasteiger partial charge in [-0.15, -0.1) is 0 Å². The normalized spacial score (nSPS) is 15.8. The molecular weight excluding hydrogens is 317 g/mol. The van der Waals surface area contributed by atoms with E-state index in [4.69, 9.17) is 4.99 Å². The number of nitrogens with one attached hydrogen (secondary N) is 2. The lowest BCUT2D eigenvalue weighted by atomic mass is 9.96. The molecule has 25 heavy (non-hydrogen) atoms. The summed E-state index contributed by atoms with van der Waals surface area (Å²) in [4.78, 5) is 4.76. The molecule has 1 saturated carbocycles. The van der Waals surface area contributed by atoms with Gasteiger partial charge in [0.05, 0.1) is 6.54 Å². The quantitative estimate of drug-likeness (QED) is 0.440. The summed E-state index contributed by atoms with van der Waals surface area (Å²) in [6.07, 6.45) is 6.97. The van der Waals surface area contributed by atoms with Crippen LogP contribution in [-0.2, 0) is 12.0 Å². The average Bonchev–Trinajstić information content (AvgIpc) is 3.23. The molecule has 1 aliphatic rings. The molecule has 0 radical (unpaired) electrons. The molecule has 0 amide bonds. The van der Waals surface area contributed by atoms with Crippen molar-refractivity contribution in [2.24, 2.45) is 4.99 Å². The maximum Gasteiger partial charge on any atom is 0.191 e. The lowest BCUT2D eigenvalue weighted by Crippen LogP contribution is -2.38. The van der Waals surface area contributed by atoms with Gasteiger partial charge in [0.15, 0.2) is 5.96 Å². The Morgan fingerprint density at radius 1 is 1.28 bits per heavy atom. The van der Waals surface area contributed by atoms with Gasteiger partial charge in [-0.05, 0) is 49.9 Å². The first kappa shape index (κ1) is 17.5. The zero-order valence-electron chi connectivity index (χ0n) is 14.7. The molecule has 3 rings (SSSR count). The summed E-state index contributed by atoms with van der Waals surface area (Å²) in [5.41, 5.74) is 1.28. The fourth-order valence-corrected chi connectivity index (χ4v) is 2.95. The van der Waals surface area contributed by atoms with E-state index in [1.165, 1.54) is 17.7 Å². The van der Waals surface area contributed by atoms with Crippen molar-refractivity contribution >= 4 is 5.96 Å². The van der Waals surface area contributed by atoms with Crippen molar-refractivity contribution in [2.75, 3.05) is 19.6 Å². The molecule has 0 atom stereocenters. The van der Waals surface area contributed by atoms with Crippen molar-refractivity contribution < 1.29 is 4.39 Å². The van der Waals surface area contributed by atoms with Crippen LogP contribution in [0.5, 0.6) is 0 Å². The lowest BCUT2D eigenvalue weighted by Gasteiger charge is -2.16. The smallest absolute Gasteiger partial charge is 0.191 e. The zero-order chi connectivity index (χ0) is 17.5. The summed E-state index contributed by atoms with van der Waals surface area (Å²) in [5.74, 6) is 0.659. The van der Waals surface area contributed by atoms with Crippen LogP contribution >= 0.6 is 0 Å². The first-order valence-electron chi connectivity index (χ1n) is 8.97. The number of aliphatic imine (C=N–C) groups is 1. The standard InChI is InChI=1S/C19H26FN5/c1-2-21-18(22-11-3-13-25-14-4-12-24-25)23-15-19(9-10-19)16-5-7-17(20)8-6-16/h4-8,12,14H,2-3,9-11,13,15H2,1H3,(H2,21,22,23). The molecule has 5 nitrogen and oxygen atoms in total. The number of nitrogens with zero attached hydrogens (tertiary/aromatic N) is 3. The first-order valence-corrected chi connectivity index (χ1v) is 8.97. The molecule has 0 unspecified atom stereocenters. The maximum absolute atomic E-state index is 13.1. The molecule has 0 spiro atoms. The third kappa shape index (κ3) is 4.81. The van der Waals surface area contributed by atoms with Gasteiger partial charge in [-0.2, -0.15) is 5.10 Å². The zero-order valence-corrected chi connectivity index (χ0v) is 14.7. The molecule has 1 aromatic heterocycles. The fraction of sp³-hybridized carbons (Fsp3) is 0.474. The molecule has 1 fully saturated rings. The monoisotopic (exact) mass is 343 g/mol. The number of hydrogen-bond donors (Lipinski definition) is 2. The van der Waals surface area contributed by atoms with Crippen LogP contribution in [0.25, 0.3) is 0 Å². The highest BCUT2D eigenvalue weighted by Gasteiger charge is 2.44. The van der Waals surface area contributed by atoms with E-state index in [-0.39, 0.29) is 11.2 Å². The highest BCUT2D eigenvalue weighted by atomic mass is 19.1. The Hall–Kier alpha value is -2.37. The van der Waals surface area contributed by atoms with Gasteiger partial charge in [-0.3, -0.25) is 9.67 Å². The van der Waals surface area contributed by atoms with E-state index in [2.05, 4.69) is 22.7 Å². The average molecular weight is 343 g/mol. The minimum Gasteiger partial charge on any atom is -0.357 e. The fourth-order valence-electron chi connectivity index (χ4n) is 2.95. The molecule has 134 valence electrons. The second-order valence-electron chi connectivity index (χ2n) is 6.53. The third-order valence-electron chi connectivity index (χ3n) is 4.61. The molecule has 0 saturated heterocycles. The lowest BCUT2D eigenvalue weighted by molar-refractivity contribution is 0.569. The van der Waals surface area contributed by atoms with Crippen LogP contribution in [0.15, 0.2) is 47.7 Å². The summed E-state index contributed by atoms with van der Waals surface area (Å²) in [6.45, 7) is 5.35. The molecule has 1 aliphatic carbocycles. The Balaban J connectivity index is 1.52. The first-order chi connectivity index (χ1) is 12.2. The van der Waals surface area contributed by atoms with Crippen LogP contribution in [0.4, 0.5) is 4.39 Å². The minimum absolute atomic E-state index is 0.0884. The van der Waals surface area contributed by atoms with Gasteiger partial charge in [-0.1, -0.05) is 12.1 Å². The number of hydrogen-bond acceptors (Lipinski definition) is 2. The van der Waals surface area contributed by atoms with Gasteiger partial charge < -0.3 is 10.6 Å². The van der Waals surface area contributed by atoms with E-state index < -0.39 is 0 Å². The number of rotatable bonds is 8. The van der Waals surface area contributed by atoms with Crippen LogP contribution in [0.1, 0.15) is 31.7 Å². The summed E-state index contributed by atoms with van der Waals surface area (Å²) in [7, 11) is 0. The van der Waals surface area contributed by atoms with E-state index in [0.717, 1.165) is 51.4 Å². The number of benzene rings is 1. The van der Waals surface area contributed by atoms with Gasteiger partial charge in [-0.25, -0.2) is 4.39 Å².